The lowest BCUT2D eigenvalue weighted by molar-refractivity contribution is 0.0694. The zero-order chi connectivity index (χ0) is 14.7. The zero-order valence-corrected chi connectivity index (χ0v) is 10.9. The molecule has 2 aromatic rings. The van der Waals surface area contributed by atoms with E-state index in [1.165, 1.54) is 0 Å². The number of aromatic carboxylic acids is 1. The average molecular weight is 274 g/mol. The summed E-state index contributed by atoms with van der Waals surface area (Å²) in [6.45, 7) is 2.01. The predicted octanol–water partition coefficient (Wildman–Crippen LogP) is 1.18. The molecule has 0 unspecified atom stereocenters. The van der Waals surface area contributed by atoms with Gasteiger partial charge in [0, 0.05) is 6.20 Å². The topological polar surface area (TPSA) is 92.2 Å². The monoisotopic (exact) mass is 274 g/mol. The van der Waals surface area contributed by atoms with Gasteiger partial charge >= 0.3 is 11.7 Å². The maximum absolute atomic E-state index is 11.9. The van der Waals surface area contributed by atoms with Gasteiger partial charge in [-0.1, -0.05) is 31.5 Å². The largest absolute Gasteiger partial charge is 0.477 e. The molecule has 0 aliphatic carbocycles. The van der Waals surface area contributed by atoms with E-state index in [1.54, 1.807) is 12.1 Å². The van der Waals surface area contributed by atoms with Crippen molar-refractivity contribution in [1.82, 2.24) is 9.55 Å². The number of carbonyl (C=O) groups is 1. The van der Waals surface area contributed by atoms with Crippen LogP contribution < -0.4 is 11.2 Å². The second-order valence-electron chi connectivity index (χ2n) is 4.36. The molecule has 0 saturated heterocycles. The fourth-order valence-corrected chi connectivity index (χ4v) is 2.03. The second kappa shape index (κ2) is 5.56. The number of nitrogens with zero attached hydrogens (tertiary/aromatic N) is 1. The molecule has 6 heteroatoms. The number of aromatic amines is 1. The maximum atomic E-state index is 11.9. The van der Waals surface area contributed by atoms with Gasteiger partial charge in [-0.3, -0.25) is 14.3 Å². The van der Waals surface area contributed by atoms with Crippen molar-refractivity contribution in [3.8, 4) is 5.69 Å². The third kappa shape index (κ3) is 2.54. The van der Waals surface area contributed by atoms with Crippen LogP contribution in [0.5, 0.6) is 0 Å². The lowest BCUT2D eigenvalue weighted by Crippen LogP contribution is -2.32. The predicted molar refractivity (Wildman–Crippen MR) is 73.6 cm³/mol. The Balaban J connectivity index is 2.70. The van der Waals surface area contributed by atoms with E-state index in [-0.39, 0.29) is 0 Å². The number of nitrogens with one attached hydrogen (secondary N) is 1. The summed E-state index contributed by atoms with van der Waals surface area (Å²) >= 11 is 0. The summed E-state index contributed by atoms with van der Waals surface area (Å²) in [6, 6.07) is 7.20. The van der Waals surface area contributed by atoms with E-state index >= 15 is 0 Å². The smallest absolute Gasteiger partial charge is 0.342 e. The minimum absolute atomic E-state index is 0.462. The number of aryl methyl sites for hydroxylation is 1. The van der Waals surface area contributed by atoms with Gasteiger partial charge < -0.3 is 5.11 Å². The number of benzene rings is 1. The SMILES string of the molecule is CCCc1ccccc1-n1cc(C(=O)O)c(=O)[nH]c1=O. The molecule has 0 radical (unpaired) electrons. The molecule has 2 N–H and O–H groups in total. The molecule has 1 aromatic heterocycles. The summed E-state index contributed by atoms with van der Waals surface area (Å²) in [5.41, 5.74) is -0.509. The molecule has 6 nitrogen and oxygen atoms in total. The van der Waals surface area contributed by atoms with Crippen molar-refractivity contribution in [3.05, 3.63) is 62.4 Å². The molecule has 20 heavy (non-hydrogen) atoms. The molecule has 0 fully saturated rings. The Bertz CT molecular complexity index is 758. The van der Waals surface area contributed by atoms with E-state index in [0.717, 1.165) is 29.2 Å². The first-order chi connectivity index (χ1) is 9.54. The fourth-order valence-electron chi connectivity index (χ4n) is 2.03. The van der Waals surface area contributed by atoms with Gasteiger partial charge in [0.1, 0.15) is 5.56 Å². The number of carboxylic acids is 1. The van der Waals surface area contributed by atoms with Crippen LogP contribution in [0, 0.1) is 0 Å². The van der Waals surface area contributed by atoms with Crippen molar-refractivity contribution < 1.29 is 9.90 Å². The van der Waals surface area contributed by atoms with Crippen LogP contribution in [0.15, 0.2) is 40.1 Å². The van der Waals surface area contributed by atoms with Crippen LogP contribution in [0.1, 0.15) is 29.3 Å². The van der Waals surface area contributed by atoms with E-state index < -0.39 is 22.8 Å². The molecular weight excluding hydrogens is 260 g/mol. The summed E-state index contributed by atoms with van der Waals surface area (Å²) in [5, 5.41) is 8.97. The van der Waals surface area contributed by atoms with Gasteiger partial charge in [-0.25, -0.2) is 9.59 Å². The van der Waals surface area contributed by atoms with Crippen LogP contribution in [-0.2, 0) is 6.42 Å². The van der Waals surface area contributed by atoms with Gasteiger partial charge in [-0.2, -0.15) is 0 Å². The normalized spacial score (nSPS) is 10.4. The summed E-state index contributed by atoms with van der Waals surface area (Å²) < 4.78 is 1.16. The van der Waals surface area contributed by atoms with Crippen molar-refractivity contribution in [2.24, 2.45) is 0 Å². The lowest BCUT2D eigenvalue weighted by Gasteiger charge is -2.11. The van der Waals surface area contributed by atoms with Crippen LogP contribution in [0.4, 0.5) is 0 Å². The van der Waals surface area contributed by atoms with Gasteiger partial charge in [-0.05, 0) is 18.1 Å². The number of hydrogen-bond donors (Lipinski definition) is 2. The molecule has 0 aliphatic heterocycles. The van der Waals surface area contributed by atoms with Gasteiger partial charge in [0.2, 0.25) is 0 Å². The molecule has 0 atom stereocenters. The minimum atomic E-state index is -1.37. The molecule has 0 spiro atoms. The number of carboxylic acid groups (broad SMARTS) is 1. The Morgan fingerprint density at radius 1 is 1.30 bits per heavy atom. The quantitative estimate of drug-likeness (QED) is 0.875. The maximum Gasteiger partial charge on any atom is 0.342 e. The van der Waals surface area contributed by atoms with E-state index in [9.17, 15) is 14.4 Å². The molecule has 0 bridgehead atoms. The number of H-pyrrole nitrogens is 1. The molecule has 0 aliphatic rings. The fraction of sp³-hybridized carbons (Fsp3) is 0.214. The highest BCUT2D eigenvalue weighted by Crippen LogP contribution is 2.14. The highest BCUT2D eigenvalue weighted by molar-refractivity contribution is 5.86. The van der Waals surface area contributed by atoms with Crippen molar-refractivity contribution in [2.75, 3.05) is 0 Å². The van der Waals surface area contributed by atoms with Crippen LogP contribution in [0.3, 0.4) is 0 Å². The van der Waals surface area contributed by atoms with E-state index in [4.69, 9.17) is 5.11 Å². The molecular formula is C14H14N2O4. The molecule has 2 rings (SSSR count). The molecule has 104 valence electrons. The van der Waals surface area contributed by atoms with E-state index in [2.05, 4.69) is 0 Å². The lowest BCUT2D eigenvalue weighted by atomic mass is 10.1. The average Bonchev–Trinajstić information content (AvgIpc) is 2.40. The highest BCUT2D eigenvalue weighted by atomic mass is 16.4. The van der Waals surface area contributed by atoms with E-state index in [0.29, 0.717) is 5.69 Å². The van der Waals surface area contributed by atoms with Crippen molar-refractivity contribution in [2.45, 2.75) is 19.8 Å². The van der Waals surface area contributed by atoms with Gasteiger partial charge in [0.25, 0.3) is 5.56 Å². The highest BCUT2D eigenvalue weighted by Gasteiger charge is 2.13. The Labute approximate surface area is 114 Å². The summed E-state index contributed by atoms with van der Waals surface area (Å²) in [5.74, 6) is -1.37. The Kier molecular flexibility index (Phi) is 3.84. The number of para-hydroxylation sites is 1. The van der Waals surface area contributed by atoms with Crippen LogP contribution >= 0.6 is 0 Å². The van der Waals surface area contributed by atoms with Crippen molar-refractivity contribution in [1.29, 1.82) is 0 Å². The Morgan fingerprint density at radius 2 is 2.00 bits per heavy atom. The van der Waals surface area contributed by atoms with Crippen molar-refractivity contribution >= 4 is 5.97 Å². The number of hydrogen-bond acceptors (Lipinski definition) is 3. The van der Waals surface area contributed by atoms with Crippen LogP contribution in [-0.4, -0.2) is 20.6 Å². The summed E-state index contributed by atoms with van der Waals surface area (Å²) in [6.07, 6.45) is 2.71. The first kappa shape index (κ1) is 13.8. The summed E-state index contributed by atoms with van der Waals surface area (Å²) in [7, 11) is 0. The first-order valence-corrected chi connectivity index (χ1v) is 6.22. The van der Waals surface area contributed by atoms with E-state index in [1.807, 2.05) is 24.0 Å². The Hall–Kier alpha value is -2.63. The summed E-state index contributed by atoms with van der Waals surface area (Å²) in [4.78, 5) is 36.3. The Morgan fingerprint density at radius 3 is 2.65 bits per heavy atom. The van der Waals surface area contributed by atoms with Crippen molar-refractivity contribution in [3.63, 3.8) is 0 Å². The molecule has 0 amide bonds. The standard InChI is InChI=1S/C14H14N2O4/c1-2-5-9-6-3-4-7-11(9)16-8-10(13(18)19)12(17)15-14(16)20/h3-4,6-8H,2,5H2,1H3,(H,18,19)(H,15,17,20). The van der Waals surface area contributed by atoms with Gasteiger partial charge in [-0.15, -0.1) is 0 Å². The first-order valence-electron chi connectivity index (χ1n) is 6.22. The van der Waals surface area contributed by atoms with Crippen LogP contribution in [0.25, 0.3) is 5.69 Å². The number of rotatable bonds is 4. The third-order valence-corrected chi connectivity index (χ3v) is 2.94. The molecule has 1 aromatic carbocycles. The minimum Gasteiger partial charge on any atom is -0.477 e. The number of aromatic nitrogens is 2. The van der Waals surface area contributed by atoms with Gasteiger partial charge in [0.05, 0.1) is 5.69 Å². The van der Waals surface area contributed by atoms with Crippen LogP contribution in [0.2, 0.25) is 0 Å². The molecule has 0 saturated carbocycles. The van der Waals surface area contributed by atoms with Gasteiger partial charge in [0.15, 0.2) is 0 Å². The second-order valence-corrected chi connectivity index (χ2v) is 4.36. The molecule has 1 heterocycles. The third-order valence-electron chi connectivity index (χ3n) is 2.94. The zero-order valence-electron chi connectivity index (χ0n) is 10.9.